The molecule has 1 amide bonds. The highest BCUT2D eigenvalue weighted by molar-refractivity contribution is 6.30. The molecule has 0 saturated carbocycles. The van der Waals surface area contributed by atoms with Crippen molar-refractivity contribution in [2.75, 3.05) is 11.9 Å². The van der Waals surface area contributed by atoms with Crippen LogP contribution in [0.15, 0.2) is 48.7 Å². The number of halogens is 1. The van der Waals surface area contributed by atoms with Crippen molar-refractivity contribution in [3.63, 3.8) is 0 Å². The number of nitrogens with two attached hydrogens (primary N) is 1. The number of hydrogen-bond acceptors (Lipinski definition) is 3. The second kappa shape index (κ2) is 6.81. The molecule has 1 aromatic heterocycles. The first-order valence-corrected chi connectivity index (χ1v) is 7.74. The van der Waals surface area contributed by atoms with Gasteiger partial charge in [-0.25, -0.2) is 0 Å². The van der Waals surface area contributed by atoms with Crippen LogP contribution in [0, 0.1) is 0 Å². The van der Waals surface area contributed by atoms with Gasteiger partial charge in [0, 0.05) is 16.1 Å². The zero-order valence-electron chi connectivity index (χ0n) is 12.4. The number of carbonyl (C=O) groups excluding carboxylic acids is 1. The minimum Gasteiger partial charge on any atom is -0.330 e. The van der Waals surface area contributed by atoms with Crippen LogP contribution >= 0.6 is 11.6 Å². The van der Waals surface area contributed by atoms with Crippen LogP contribution in [0.3, 0.4) is 0 Å². The summed E-state index contributed by atoms with van der Waals surface area (Å²) in [4.78, 5) is 12.7. The zero-order chi connectivity index (χ0) is 16.2. The Morgan fingerprint density at radius 3 is 2.96 bits per heavy atom. The fourth-order valence-corrected chi connectivity index (χ4v) is 2.79. The Kier molecular flexibility index (Phi) is 4.60. The van der Waals surface area contributed by atoms with E-state index in [9.17, 15) is 4.79 Å². The molecule has 0 aliphatic heterocycles. The van der Waals surface area contributed by atoms with E-state index in [4.69, 9.17) is 17.3 Å². The Bertz CT molecular complexity index is 830. The van der Waals surface area contributed by atoms with Crippen molar-refractivity contribution >= 4 is 34.1 Å². The molecule has 0 fully saturated rings. The number of H-pyrrole nitrogens is 1. The van der Waals surface area contributed by atoms with Crippen LogP contribution in [0.5, 0.6) is 0 Å². The lowest BCUT2D eigenvalue weighted by Crippen LogP contribution is -2.23. The highest BCUT2D eigenvalue weighted by atomic mass is 35.5. The maximum Gasteiger partial charge on any atom is 0.231 e. The van der Waals surface area contributed by atoms with Gasteiger partial charge in [-0.05, 0) is 48.9 Å². The topological polar surface area (TPSA) is 83.8 Å². The van der Waals surface area contributed by atoms with Gasteiger partial charge in [-0.15, -0.1) is 0 Å². The fourth-order valence-electron chi connectivity index (χ4n) is 2.59. The van der Waals surface area contributed by atoms with Gasteiger partial charge in [0.05, 0.1) is 17.6 Å². The van der Waals surface area contributed by atoms with Gasteiger partial charge in [0.25, 0.3) is 0 Å². The number of nitrogens with zero attached hydrogens (tertiary/aromatic N) is 1. The summed E-state index contributed by atoms with van der Waals surface area (Å²) in [6.07, 6.45) is 2.28. The third-order valence-electron chi connectivity index (χ3n) is 3.73. The first-order chi connectivity index (χ1) is 11.2. The molecule has 0 radical (unpaired) electrons. The maximum absolute atomic E-state index is 12.7. The number of fused-ring (bicyclic) bond motifs is 1. The smallest absolute Gasteiger partial charge is 0.231 e. The molecule has 0 aliphatic rings. The number of aromatic amines is 1. The van der Waals surface area contributed by atoms with Crippen molar-refractivity contribution in [3.8, 4) is 0 Å². The summed E-state index contributed by atoms with van der Waals surface area (Å²) in [7, 11) is 0. The summed E-state index contributed by atoms with van der Waals surface area (Å²) in [6.45, 7) is 0.422. The van der Waals surface area contributed by atoms with Crippen molar-refractivity contribution < 1.29 is 4.79 Å². The van der Waals surface area contributed by atoms with Gasteiger partial charge in [0.2, 0.25) is 5.91 Å². The maximum atomic E-state index is 12.7. The molecule has 0 spiro atoms. The number of aromatic nitrogens is 2. The highest BCUT2D eigenvalue weighted by Crippen LogP contribution is 2.25. The number of benzene rings is 2. The van der Waals surface area contributed by atoms with Gasteiger partial charge in [0.15, 0.2) is 0 Å². The molecule has 6 heteroatoms. The highest BCUT2D eigenvalue weighted by Gasteiger charge is 2.20. The van der Waals surface area contributed by atoms with Crippen molar-refractivity contribution in [2.45, 2.75) is 12.3 Å². The molecule has 2 aromatic carbocycles. The number of rotatable bonds is 5. The van der Waals surface area contributed by atoms with E-state index in [0.29, 0.717) is 18.0 Å². The molecule has 1 unspecified atom stereocenters. The summed E-state index contributed by atoms with van der Waals surface area (Å²) in [6, 6.07) is 12.9. The van der Waals surface area contributed by atoms with Crippen LogP contribution in [0.4, 0.5) is 5.69 Å². The van der Waals surface area contributed by atoms with E-state index in [-0.39, 0.29) is 11.8 Å². The molecule has 0 bridgehead atoms. The lowest BCUT2D eigenvalue weighted by Gasteiger charge is -2.17. The lowest BCUT2D eigenvalue weighted by molar-refractivity contribution is -0.117. The molecule has 0 aliphatic carbocycles. The largest absolute Gasteiger partial charge is 0.330 e. The molecule has 5 nitrogen and oxygen atoms in total. The number of anilines is 1. The van der Waals surface area contributed by atoms with Crippen LogP contribution in [0.1, 0.15) is 17.9 Å². The predicted octanol–water partition coefficient (Wildman–Crippen LogP) is 3.29. The molecular formula is C17H17ClN4O. The second-order valence-electron chi connectivity index (χ2n) is 5.35. The lowest BCUT2D eigenvalue weighted by atomic mass is 9.94. The standard InChI is InChI=1S/C17H17ClN4O/c18-13-3-1-2-11(8-13)15(6-7-19)17(23)21-14-4-5-16-12(9-14)10-20-22-16/h1-5,8-10,15H,6-7,19H2,(H,20,22)(H,21,23). The van der Waals surface area contributed by atoms with Crippen LogP contribution in [0.2, 0.25) is 5.02 Å². The number of nitrogens with one attached hydrogen (secondary N) is 2. The van der Waals surface area contributed by atoms with E-state index < -0.39 is 0 Å². The SMILES string of the molecule is NCCC(C(=O)Nc1ccc2[nH]ncc2c1)c1cccc(Cl)c1. The number of amides is 1. The van der Waals surface area contributed by atoms with Gasteiger partial charge in [-0.1, -0.05) is 23.7 Å². The quantitative estimate of drug-likeness (QED) is 0.672. The van der Waals surface area contributed by atoms with Crippen LogP contribution in [0.25, 0.3) is 10.9 Å². The van der Waals surface area contributed by atoms with Gasteiger partial charge >= 0.3 is 0 Å². The summed E-state index contributed by atoms with van der Waals surface area (Å²) in [5.74, 6) is -0.431. The van der Waals surface area contributed by atoms with Gasteiger partial charge in [-0.3, -0.25) is 9.89 Å². The third-order valence-corrected chi connectivity index (χ3v) is 3.97. The number of hydrogen-bond donors (Lipinski definition) is 3. The fraction of sp³-hybridized carbons (Fsp3) is 0.176. The summed E-state index contributed by atoms with van der Waals surface area (Å²) < 4.78 is 0. The minimum absolute atomic E-state index is 0.0967. The molecule has 0 saturated heterocycles. The van der Waals surface area contributed by atoms with Gasteiger partial charge < -0.3 is 11.1 Å². The minimum atomic E-state index is -0.334. The first-order valence-electron chi connectivity index (χ1n) is 7.37. The van der Waals surface area contributed by atoms with Gasteiger partial charge in [-0.2, -0.15) is 5.10 Å². The summed E-state index contributed by atoms with van der Waals surface area (Å²) in [5, 5.41) is 11.4. The number of carbonyl (C=O) groups is 1. The Labute approximate surface area is 138 Å². The molecule has 4 N–H and O–H groups in total. The Morgan fingerprint density at radius 1 is 1.30 bits per heavy atom. The monoisotopic (exact) mass is 328 g/mol. The zero-order valence-corrected chi connectivity index (χ0v) is 13.2. The predicted molar refractivity (Wildman–Crippen MR) is 92.6 cm³/mol. The van der Waals surface area contributed by atoms with Crippen molar-refractivity contribution in [3.05, 3.63) is 59.2 Å². The van der Waals surface area contributed by atoms with Crippen molar-refractivity contribution in [1.82, 2.24) is 10.2 Å². The Balaban J connectivity index is 1.83. The first kappa shape index (κ1) is 15.5. The second-order valence-corrected chi connectivity index (χ2v) is 5.78. The van der Waals surface area contributed by atoms with Crippen LogP contribution < -0.4 is 11.1 Å². The summed E-state index contributed by atoms with van der Waals surface area (Å²) >= 11 is 6.03. The van der Waals surface area contributed by atoms with E-state index in [1.807, 2.05) is 30.3 Å². The third kappa shape index (κ3) is 3.52. The average molecular weight is 329 g/mol. The van der Waals surface area contributed by atoms with E-state index in [1.165, 1.54) is 0 Å². The molecular weight excluding hydrogens is 312 g/mol. The molecule has 3 rings (SSSR count). The van der Waals surface area contributed by atoms with E-state index in [2.05, 4.69) is 15.5 Å². The van der Waals surface area contributed by atoms with E-state index in [0.717, 1.165) is 22.2 Å². The van der Waals surface area contributed by atoms with Crippen molar-refractivity contribution in [2.24, 2.45) is 5.73 Å². The van der Waals surface area contributed by atoms with E-state index >= 15 is 0 Å². The Hall–Kier alpha value is -2.37. The Morgan fingerprint density at radius 2 is 2.17 bits per heavy atom. The summed E-state index contributed by atoms with van der Waals surface area (Å²) in [5.41, 5.74) is 8.19. The van der Waals surface area contributed by atoms with Crippen molar-refractivity contribution in [1.29, 1.82) is 0 Å². The molecule has 23 heavy (non-hydrogen) atoms. The molecule has 118 valence electrons. The van der Waals surface area contributed by atoms with Crippen LogP contribution in [-0.2, 0) is 4.79 Å². The molecule has 1 atom stereocenters. The molecule has 1 heterocycles. The molecule has 3 aromatic rings. The van der Waals surface area contributed by atoms with Gasteiger partial charge in [0.1, 0.15) is 0 Å². The van der Waals surface area contributed by atoms with Crippen LogP contribution in [-0.4, -0.2) is 22.6 Å². The average Bonchev–Trinajstić information content (AvgIpc) is 3.00. The van der Waals surface area contributed by atoms with E-state index in [1.54, 1.807) is 18.3 Å². The normalized spacial score (nSPS) is 12.3.